The van der Waals surface area contributed by atoms with Crippen LogP contribution in [0.1, 0.15) is 45.7 Å². The van der Waals surface area contributed by atoms with Gasteiger partial charge in [0, 0.05) is 0 Å². The van der Waals surface area contributed by atoms with Crippen molar-refractivity contribution in [2.45, 2.75) is 45.8 Å². The number of ether oxygens (including phenoxy) is 1. The first kappa shape index (κ1) is 14.9. The third-order valence-electron chi connectivity index (χ3n) is 2.82. The summed E-state index contributed by atoms with van der Waals surface area (Å²) in [7, 11) is 0. The molecule has 0 fully saturated rings. The van der Waals surface area contributed by atoms with Crippen molar-refractivity contribution >= 4 is 5.57 Å². The Bertz CT molecular complexity index is 425. The molecule has 0 spiro atoms. The molecule has 0 saturated carbocycles. The summed E-state index contributed by atoms with van der Waals surface area (Å²) >= 11 is 0. The van der Waals surface area contributed by atoms with Crippen LogP contribution in [-0.2, 0) is 10.3 Å². The largest absolute Gasteiger partial charge is 0.388 e. The predicted molar refractivity (Wildman–Crippen MR) is 76.4 cm³/mol. The molecule has 2 heteroatoms. The molecule has 0 saturated heterocycles. The van der Waals surface area contributed by atoms with Crippen LogP contribution in [-0.4, -0.2) is 17.3 Å². The molecule has 18 heavy (non-hydrogen) atoms. The zero-order chi connectivity index (χ0) is 14.0. The molecule has 0 heterocycles. The molecular weight excluding hydrogens is 224 g/mol. The van der Waals surface area contributed by atoms with E-state index in [9.17, 15) is 5.11 Å². The second-order valence-corrected chi connectivity index (χ2v) is 5.94. The first-order valence-corrected chi connectivity index (χ1v) is 6.25. The van der Waals surface area contributed by atoms with E-state index in [4.69, 9.17) is 4.74 Å². The summed E-state index contributed by atoms with van der Waals surface area (Å²) in [5.74, 6) is 0. The number of hydrogen-bond acceptors (Lipinski definition) is 2. The molecule has 1 rings (SSSR count). The Morgan fingerprint density at radius 3 is 2.28 bits per heavy atom. The highest BCUT2D eigenvalue weighted by atomic mass is 16.5. The van der Waals surface area contributed by atoms with Crippen LogP contribution in [0.2, 0.25) is 0 Å². The average Bonchev–Trinajstić information content (AvgIpc) is 2.26. The van der Waals surface area contributed by atoms with Gasteiger partial charge in [0.25, 0.3) is 0 Å². The van der Waals surface area contributed by atoms with E-state index in [0.717, 1.165) is 16.7 Å². The number of hydrogen-bond donors (Lipinski definition) is 1. The van der Waals surface area contributed by atoms with Crippen molar-refractivity contribution < 1.29 is 9.84 Å². The lowest BCUT2D eigenvalue weighted by molar-refractivity contribution is -0.0945. The van der Waals surface area contributed by atoms with Crippen LogP contribution in [0.25, 0.3) is 5.57 Å². The molecule has 1 aromatic carbocycles. The summed E-state index contributed by atoms with van der Waals surface area (Å²) in [6, 6.07) is 8.10. The SMILES string of the molecule is C=C(C)c1ccccc1C(C)(C)OCC(C)(C)O. The van der Waals surface area contributed by atoms with E-state index in [1.165, 1.54) is 0 Å². The van der Waals surface area contributed by atoms with E-state index < -0.39 is 11.2 Å². The first-order chi connectivity index (χ1) is 8.13. The Kier molecular flexibility index (Phi) is 4.36. The van der Waals surface area contributed by atoms with Gasteiger partial charge in [-0.2, -0.15) is 0 Å². The lowest BCUT2D eigenvalue weighted by Crippen LogP contribution is -2.33. The minimum atomic E-state index is -0.824. The lowest BCUT2D eigenvalue weighted by Gasteiger charge is -2.31. The minimum absolute atomic E-state index is 0.296. The van der Waals surface area contributed by atoms with Crippen LogP contribution in [0.15, 0.2) is 30.8 Å². The highest BCUT2D eigenvalue weighted by Crippen LogP contribution is 2.31. The molecule has 0 radical (unpaired) electrons. The third-order valence-corrected chi connectivity index (χ3v) is 2.82. The van der Waals surface area contributed by atoms with Gasteiger partial charge in [0.15, 0.2) is 0 Å². The maximum Gasteiger partial charge on any atom is 0.0882 e. The number of benzene rings is 1. The Hall–Kier alpha value is -1.12. The maximum absolute atomic E-state index is 9.76. The highest BCUT2D eigenvalue weighted by Gasteiger charge is 2.27. The monoisotopic (exact) mass is 248 g/mol. The van der Waals surface area contributed by atoms with Gasteiger partial charge in [-0.3, -0.25) is 0 Å². The van der Waals surface area contributed by atoms with Crippen LogP contribution in [0, 0.1) is 0 Å². The molecule has 2 nitrogen and oxygen atoms in total. The zero-order valence-corrected chi connectivity index (χ0v) is 12.1. The molecule has 1 N–H and O–H groups in total. The van der Waals surface area contributed by atoms with Crippen LogP contribution < -0.4 is 0 Å². The van der Waals surface area contributed by atoms with Crippen molar-refractivity contribution in [2.24, 2.45) is 0 Å². The first-order valence-electron chi connectivity index (χ1n) is 6.25. The molecule has 0 aromatic heterocycles. The van der Waals surface area contributed by atoms with Gasteiger partial charge in [-0.05, 0) is 45.7 Å². The fourth-order valence-corrected chi connectivity index (χ4v) is 1.82. The molecule has 0 aliphatic rings. The van der Waals surface area contributed by atoms with Crippen LogP contribution in [0.4, 0.5) is 0 Å². The predicted octanol–water partition coefficient (Wildman–Crippen LogP) is 3.74. The van der Waals surface area contributed by atoms with Gasteiger partial charge >= 0.3 is 0 Å². The van der Waals surface area contributed by atoms with Gasteiger partial charge in [0.1, 0.15) is 0 Å². The molecule has 0 amide bonds. The smallest absolute Gasteiger partial charge is 0.0882 e. The van der Waals surface area contributed by atoms with Gasteiger partial charge in [-0.15, -0.1) is 0 Å². The summed E-state index contributed by atoms with van der Waals surface area (Å²) in [5, 5.41) is 9.76. The van der Waals surface area contributed by atoms with Gasteiger partial charge in [-0.1, -0.05) is 36.4 Å². The molecular formula is C16H24O2. The van der Waals surface area contributed by atoms with Crippen LogP contribution in [0.5, 0.6) is 0 Å². The molecule has 0 aliphatic heterocycles. The fraction of sp³-hybridized carbons (Fsp3) is 0.500. The van der Waals surface area contributed by atoms with E-state index in [2.05, 4.69) is 6.58 Å². The van der Waals surface area contributed by atoms with Crippen molar-refractivity contribution in [1.82, 2.24) is 0 Å². The Labute approximate surface area is 110 Å². The van der Waals surface area contributed by atoms with E-state index in [-0.39, 0.29) is 0 Å². The lowest BCUT2D eigenvalue weighted by atomic mass is 9.90. The number of aliphatic hydroxyl groups is 1. The zero-order valence-electron chi connectivity index (χ0n) is 12.1. The Morgan fingerprint density at radius 2 is 1.78 bits per heavy atom. The Balaban J connectivity index is 3.01. The van der Waals surface area contributed by atoms with E-state index >= 15 is 0 Å². The van der Waals surface area contributed by atoms with E-state index in [1.807, 2.05) is 45.0 Å². The van der Waals surface area contributed by atoms with E-state index in [1.54, 1.807) is 13.8 Å². The average molecular weight is 248 g/mol. The molecule has 100 valence electrons. The minimum Gasteiger partial charge on any atom is -0.388 e. The van der Waals surface area contributed by atoms with Crippen LogP contribution in [0.3, 0.4) is 0 Å². The summed E-state index contributed by atoms with van der Waals surface area (Å²) in [4.78, 5) is 0. The number of allylic oxidation sites excluding steroid dienone is 1. The highest BCUT2D eigenvalue weighted by molar-refractivity contribution is 5.65. The third kappa shape index (κ3) is 3.97. The quantitative estimate of drug-likeness (QED) is 0.860. The van der Waals surface area contributed by atoms with Gasteiger partial charge in [0.2, 0.25) is 0 Å². The van der Waals surface area contributed by atoms with Gasteiger partial charge in [0.05, 0.1) is 17.8 Å². The van der Waals surface area contributed by atoms with E-state index in [0.29, 0.717) is 6.61 Å². The van der Waals surface area contributed by atoms with Crippen molar-refractivity contribution in [1.29, 1.82) is 0 Å². The van der Waals surface area contributed by atoms with Crippen LogP contribution >= 0.6 is 0 Å². The normalized spacial score (nSPS) is 12.6. The molecule has 1 aromatic rings. The summed E-state index contributed by atoms with van der Waals surface area (Å²) < 4.78 is 5.88. The van der Waals surface area contributed by atoms with Crippen molar-refractivity contribution in [3.05, 3.63) is 42.0 Å². The Morgan fingerprint density at radius 1 is 1.22 bits per heavy atom. The summed E-state index contributed by atoms with van der Waals surface area (Å²) in [6.07, 6.45) is 0. The maximum atomic E-state index is 9.76. The summed E-state index contributed by atoms with van der Waals surface area (Å²) in [6.45, 7) is 13.8. The standard InChI is InChI=1S/C16H24O2/c1-12(2)13-9-7-8-10-14(13)16(5,6)18-11-15(3,4)17/h7-10,17H,1,11H2,2-6H3. The fourth-order valence-electron chi connectivity index (χ4n) is 1.82. The number of rotatable bonds is 5. The van der Waals surface area contributed by atoms with Crippen molar-refractivity contribution in [2.75, 3.05) is 6.61 Å². The van der Waals surface area contributed by atoms with Crippen molar-refractivity contribution in [3.63, 3.8) is 0 Å². The van der Waals surface area contributed by atoms with Gasteiger partial charge in [-0.25, -0.2) is 0 Å². The summed E-state index contributed by atoms with van der Waals surface area (Å²) in [5.41, 5.74) is 1.95. The van der Waals surface area contributed by atoms with Gasteiger partial charge < -0.3 is 9.84 Å². The molecule has 0 aliphatic carbocycles. The molecule has 0 unspecified atom stereocenters. The second kappa shape index (κ2) is 5.25. The van der Waals surface area contributed by atoms with Crippen molar-refractivity contribution in [3.8, 4) is 0 Å². The molecule has 0 bridgehead atoms. The molecule has 0 atom stereocenters. The topological polar surface area (TPSA) is 29.5 Å². The second-order valence-electron chi connectivity index (χ2n) is 5.94.